The van der Waals surface area contributed by atoms with Crippen LogP contribution >= 0.6 is 0 Å². The number of rotatable bonds is 7. The molecule has 8 heteroatoms. The zero-order chi connectivity index (χ0) is 21.7. The summed E-state index contributed by atoms with van der Waals surface area (Å²) in [5.41, 5.74) is 1.56. The van der Waals surface area contributed by atoms with Crippen molar-refractivity contribution in [2.45, 2.75) is 6.54 Å². The molecule has 30 heavy (non-hydrogen) atoms. The van der Waals surface area contributed by atoms with E-state index in [1.165, 1.54) is 11.0 Å². The van der Waals surface area contributed by atoms with E-state index in [1.54, 1.807) is 50.3 Å². The number of fused-ring (bicyclic) bond motifs is 1. The van der Waals surface area contributed by atoms with E-state index in [2.05, 4.69) is 5.32 Å². The van der Waals surface area contributed by atoms with Gasteiger partial charge in [-0.2, -0.15) is 0 Å². The summed E-state index contributed by atoms with van der Waals surface area (Å²) in [6, 6.07) is 13.3. The number of carbonyl (C=O) groups is 2. The molecule has 2 aromatic carbocycles. The summed E-state index contributed by atoms with van der Waals surface area (Å²) in [5.74, 6) is -0.268. The number of benzene rings is 2. The molecule has 0 aliphatic carbocycles. The minimum atomic E-state index is -0.433. The Kier molecular flexibility index (Phi) is 6.56. The number of hydrogen-bond donors (Lipinski definition) is 1. The lowest BCUT2D eigenvalue weighted by atomic mass is 10.2. The number of hydrogen-bond acceptors (Lipinski definition) is 3. The number of urea groups is 1. The molecule has 0 aliphatic rings. The van der Waals surface area contributed by atoms with Gasteiger partial charge in [-0.15, -0.1) is 0 Å². The van der Waals surface area contributed by atoms with E-state index in [0.717, 1.165) is 10.9 Å². The first-order valence-corrected chi connectivity index (χ1v) is 9.53. The average Bonchev–Trinajstić information content (AvgIpc) is 3.11. The molecule has 1 heterocycles. The molecule has 0 saturated heterocycles. The van der Waals surface area contributed by atoms with Crippen LogP contribution in [0.5, 0.6) is 5.75 Å². The Balaban J connectivity index is 1.56. The molecule has 0 spiro atoms. The number of para-hydroxylation sites is 1. The smallest absolute Gasteiger partial charge is 0.321 e. The first kappa shape index (κ1) is 21.2. The number of anilines is 1. The van der Waals surface area contributed by atoms with Gasteiger partial charge >= 0.3 is 6.03 Å². The van der Waals surface area contributed by atoms with Crippen molar-refractivity contribution in [3.63, 3.8) is 0 Å². The van der Waals surface area contributed by atoms with Gasteiger partial charge in [-0.05, 0) is 36.4 Å². The van der Waals surface area contributed by atoms with Gasteiger partial charge in [0.05, 0.1) is 6.54 Å². The van der Waals surface area contributed by atoms with Crippen molar-refractivity contribution in [1.82, 2.24) is 14.4 Å². The van der Waals surface area contributed by atoms with Crippen molar-refractivity contribution in [2.75, 3.05) is 39.6 Å². The second kappa shape index (κ2) is 9.30. The lowest BCUT2D eigenvalue weighted by Gasteiger charge is -2.18. The molecule has 0 fully saturated rings. The Bertz CT molecular complexity index is 1050. The van der Waals surface area contributed by atoms with Crippen molar-refractivity contribution < 1.29 is 18.7 Å². The Morgan fingerprint density at radius 1 is 1.10 bits per heavy atom. The number of amides is 3. The number of halogens is 1. The predicted molar refractivity (Wildman–Crippen MR) is 114 cm³/mol. The summed E-state index contributed by atoms with van der Waals surface area (Å²) >= 11 is 0. The van der Waals surface area contributed by atoms with Gasteiger partial charge in [-0.1, -0.05) is 12.1 Å². The highest BCUT2D eigenvalue weighted by atomic mass is 19.1. The molecular weight excluding hydrogens is 387 g/mol. The lowest BCUT2D eigenvalue weighted by molar-refractivity contribution is -0.129. The number of carbonyl (C=O) groups excluding carboxylic acids is 2. The van der Waals surface area contributed by atoms with E-state index in [9.17, 15) is 14.0 Å². The fraction of sp³-hybridized carbons (Fsp3) is 0.273. The number of ether oxygens (including phenoxy) is 1. The molecule has 1 N–H and O–H groups in total. The largest absolute Gasteiger partial charge is 0.489 e. The standard InChI is InChI=1S/C22H25FN4O3/c1-25(2)21(28)15-27-11-10-16-14-17(8-9-19(16)27)24-22(29)26(3)12-13-30-20-7-5-4-6-18(20)23/h4-11,14H,12-13,15H2,1-3H3,(H,24,29). The average molecular weight is 412 g/mol. The Hall–Kier alpha value is -3.55. The van der Waals surface area contributed by atoms with Gasteiger partial charge < -0.3 is 24.4 Å². The van der Waals surface area contributed by atoms with Crippen LogP contribution in [0.25, 0.3) is 10.9 Å². The fourth-order valence-electron chi connectivity index (χ4n) is 2.88. The highest BCUT2D eigenvalue weighted by Gasteiger charge is 2.12. The van der Waals surface area contributed by atoms with Gasteiger partial charge in [-0.25, -0.2) is 9.18 Å². The monoisotopic (exact) mass is 412 g/mol. The molecule has 0 saturated carbocycles. The van der Waals surface area contributed by atoms with Gasteiger partial charge in [0.1, 0.15) is 13.2 Å². The molecule has 0 bridgehead atoms. The number of likely N-dealkylation sites (N-methyl/N-ethyl adjacent to an activating group) is 2. The SMILES string of the molecule is CN(C)C(=O)Cn1ccc2cc(NC(=O)N(C)CCOc3ccccc3F)ccc21. The van der Waals surface area contributed by atoms with Crippen LogP contribution in [0.15, 0.2) is 54.7 Å². The van der Waals surface area contributed by atoms with E-state index in [4.69, 9.17) is 4.74 Å². The molecule has 0 unspecified atom stereocenters. The lowest BCUT2D eigenvalue weighted by Crippen LogP contribution is -2.34. The van der Waals surface area contributed by atoms with Crippen molar-refractivity contribution in [3.05, 3.63) is 60.5 Å². The van der Waals surface area contributed by atoms with Crippen molar-refractivity contribution in [1.29, 1.82) is 0 Å². The first-order valence-electron chi connectivity index (χ1n) is 9.53. The van der Waals surface area contributed by atoms with E-state index in [0.29, 0.717) is 12.2 Å². The molecular formula is C22H25FN4O3. The highest BCUT2D eigenvalue weighted by Crippen LogP contribution is 2.21. The molecule has 1 aromatic heterocycles. The van der Waals surface area contributed by atoms with E-state index < -0.39 is 5.82 Å². The maximum atomic E-state index is 13.6. The second-order valence-corrected chi connectivity index (χ2v) is 7.14. The van der Waals surface area contributed by atoms with Crippen LogP contribution in [-0.4, -0.2) is 60.6 Å². The summed E-state index contributed by atoms with van der Waals surface area (Å²) in [5, 5.41) is 3.76. The highest BCUT2D eigenvalue weighted by molar-refractivity contribution is 5.93. The summed E-state index contributed by atoms with van der Waals surface area (Å²) in [6.45, 7) is 0.727. The molecule has 3 aromatic rings. The van der Waals surface area contributed by atoms with Crippen molar-refractivity contribution in [2.24, 2.45) is 0 Å². The molecule has 158 valence electrons. The summed E-state index contributed by atoms with van der Waals surface area (Å²) in [7, 11) is 5.08. The zero-order valence-electron chi connectivity index (χ0n) is 17.3. The van der Waals surface area contributed by atoms with Crippen LogP contribution in [0, 0.1) is 5.82 Å². The molecule has 0 aliphatic heterocycles. The van der Waals surface area contributed by atoms with Crippen molar-refractivity contribution in [3.8, 4) is 5.75 Å². The third-order valence-electron chi connectivity index (χ3n) is 4.69. The van der Waals surface area contributed by atoms with E-state index in [1.807, 2.05) is 29.0 Å². The third kappa shape index (κ3) is 5.08. The maximum absolute atomic E-state index is 13.6. The Labute approximate surface area is 174 Å². The molecule has 7 nitrogen and oxygen atoms in total. The number of nitrogens with one attached hydrogen (secondary N) is 1. The molecule has 0 radical (unpaired) electrons. The fourth-order valence-corrected chi connectivity index (χ4v) is 2.88. The topological polar surface area (TPSA) is 66.8 Å². The summed E-state index contributed by atoms with van der Waals surface area (Å²) < 4.78 is 20.8. The normalized spacial score (nSPS) is 10.7. The van der Waals surface area contributed by atoms with Crippen LogP contribution in [0.1, 0.15) is 0 Å². The Morgan fingerprint density at radius 2 is 1.87 bits per heavy atom. The van der Waals surface area contributed by atoms with Crippen molar-refractivity contribution >= 4 is 28.5 Å². The Morgan fingerprint density at radius 3 is 2.60 bits per heavy atom. The molecule has 3 rings (SSSR count). The third-order valence-corrected chi connectivity index (χ3v) is 4.69. The number of nitrogens with zero attached hydrogens (tertiary/aromatic N) is 3. The van der Waals surface area contributed by atoms with Gasteiger partial charge in [0.2, 0.25) is 5.91 Å². The minimum absolute atomic E-state index is 0.00380. The summed E-state index contributed by atoms with van der Waals surface area (Å²) in [6.07, 6.45) is 1.85. The van der Waals surface area contributed by atoms with E-state index in [-0.39, 0.29) is 30.8 Å². The quantitative estimate of drug-likeness (QED) is 0.647. The zero-order valence-corrected chi connectivity index (χ0v) is 17.3. The first-order chi connectivity index (χ1) is 14.3. The second-order valence-electron chi connectivity index (χ2n) is 7.14. The maximum Gasteiger partial charge on any atom is 0.321 e. The predicted octanol–water partition coefficient (Wildman–Crippen LogP) is 3.41. The van der Waals surface area contributed by atoms with Gasteiger partial charge in [0, 0.05) is 43.9 Å². The van der Waals surface area contributed by atoms with Crippen LogP contribution < -0.4 is 10.1 Å². The summed E-state index contributed by atoms with van der Waals surface area (Å²) in [4.78, 5) is 27.4. The number of aromatic nitrogens is 1. The van der Waals surface area contributed by atoms with Gasteiger partial charge in [0.15, 0.2) is 11.6 Å². The molecule has 3 amide bonds. The van der Waals surface area contributed by atoms with Gasteiger partial charge in [0.25, 0.3) is 0 Å². The van der Waals surface area contributed by atoms with Gasteiger partial charge in [-0.3, -0.25) is 4.79 Å². The minimum Gasteiger partial charge on any atom is -0.489 e. The molecule has 0 atom stereocenters. The van der Waals surface area contributed by atoms with E-state index >= 15 is 0 Å². The van der Waals surface area contributed by atoms with Crippen LogP contribution in [0.2, 0.25) is 0 Å². The van der Waals surface area contributed by atoms with Crippen LogP contribution in [-0.2, 0) is 11.3 Å². The van der Waals surface area contributed by atoms with Crippen LogP contribution in [0.4, 0.5) is 14.9 Å². The van der Waals surface area contributed by atoms with Crippen LogP contribution in [0.3, 0.4) is 0 Å².